The van der Waals surface area contributed by atoms with Crippen LogP contribution in [0.5, 0.6) is 5.75 Å². The average molecular weight is 269 g/mol. The maximum atomic E-state index is 5.56. The highest BCUT2D eigenvalue weighted by atomic mass is 79.9. The Morgan fingerprint density at radius 2 is 2.00 bits per heavy atom. The Balaban J connectivity index is 2.41. The van der Waals surface area contributed by atoms with E-state index >= 15 is 0 Å². The van der Waals surface area contributed by atoms with Gasteiger partial charge in [0.2, 0.25) is 0 Å². The summed E-state index contributed by atoms with van der Waals surface area (Å²) in [4.78, 5) is 0. The Kier molecular flexibility index (Phi) is 2.64. The fourth-order valence-electron chi connectivity index (χ4n) is 1.21. The van der Waals surface area contributed by atoms with Gasteiger partial charge in [0, 0.05) is 5.56 Å². The van der Waals surface area contributed by atoms with E-state index < -0.39 is 0 Å². The molecule has 2 aromatic rings. The largest absolute Gasteiger partial charge is 0.497 e. The average Bonchev–Trinajstić information content (AvgIpc) is 2.60. The molecule has 0 fully saturated rings. The molecule has 0 atom stereocenters. The van der Waals surface area contributed by atoms with Crippen LogP contribution in [-0.4, -0.2) is 12.3 Å². The van der Waals surface area contributed by atoms with Crippen LogP contribution in [0.2, 0.25) is 0 Å². The second kappa shape index (κ2) is 3.94. The zero-order valence-electron chi connectivity index (χ0n) is 8.03. The maximum Gasteiger partial charge on any atom is 0.183 e. The summed E-state index contributed by atoms with van der Waals surface area (Å²) in [6, 6.07) is 7.45. The quantitative estimate of drug-likeness (QED) is 0.910. The highest BCUT2D eigenvalue weighted by Crippen LogP contribution is 2.32. The predicted molar refractivity (Wildman–Crippen MR) is 60.6 cm³/mol. The van der Waals surface area contributed by atoms with Gasteiger partial charge in [0.25, 0.3) is 0 Å². The van der Waals surface area contributed by atoms with Crippen LogP contribution in [0.3, 0.4) is 0 Å². The number of benzene rings is 1. The van der Waals surface area contributed by atoms with Gasteiger partial charge in [-0.25, -0.2) is 0 Å². The van der Waals surface area contributed by atoms with Crippen LogP contribution in [0.4, 0.5) is 5.82 Å². The number of aromatic nitrogens is 1. The van der Waals surface area contributed by atoms with Crippen molar-refractivity contribution in [2.75, 3.05) is 12.8 Å². The van der Waals surface area contributed by atoms with E-state index in [1.807, 2.05) is 24.3 Å². The number of nitrogen functional groups attached to an aromatic ring is 1. The van der Waals surface area contributed by atoms with Crippen LogP contribution in [0, 0.1) is 0 Å². The van der Waals surface area contributed by atoms with Crippen molar-refractivity contribution in [3.8, 4) is 17.1 Å². The van der Waals surface area contributed by atoms with Crippen LogP contribution in [0.1, 0.15) is 0 Å². The van der Waals surface area contributed by atoms with Gasteiger partial charge in [0.05, 0.1) is 7.11 Å². The van der Waals surface area contributed by atoms with E-state index in [2.05, 4.69) is 21.1 Å². The van der Waals surface area contributed by atoms with Crippen molar-refractivity contribution in [2.45, 2.75) is 0 Å². The first kappa shape index (κ1) is 10.0. The highest BCUT2D eigenvalue weighted by molar-refractivity contribution is 9.10. The van der Waals surface area contributed by atoms with Gasteiger partial charge >= 0.3 is 0 Å². The van der Waals surface area contributed by atoms with Crippen molar-refractivity contribution in [3.63, 3.8) is 0 Å². The molecule has 0 saturated heterocycles. The molecular formula is C10H9BrN2O2. The Labute approximate surface area is 95.1 Å². The normalized spacial score (nSPS) is 10.3. The van der Waals surface area contributed by atoms with Gasteiger partial charge < -0.3 is 15.0 Å². The molecule has 5 heteroatoms. The second-order valence-corrected chi connectivity index (χ2v) is 3.73. The zero-order valence-corrected chi connectivity index (χ0v) is 9.61. The monoisotopic (exact) mass is 268 g/mol. The summed E-state index contributed by atoms with van der Waals surface area (Å²) in [5, 5.41) is 3.66. The molecule has 0 aliphatic heterocycles. The van der Waals surface area contributed by atoms with E-state index in [1.165, 1.54) is 0 Å². The minimum atomic E-state index is 0.348. The first-order valence-corrected chi connectivity index (χ1v) is 5.06. The molecule has 1 aromatic heterocycles. The number of hydrogen-bond donors (Lipinski definition) is 1. The van der Waals surface area contributed by atoms with Crippen LogP contribution in [0.15, 0.2) is 33.3 Å². The maximum absolute atomic E-state index is 5.56. The van der Waals surface area contributed by atoms with Crippen molar-refractivity contribution in [1.29, 1.82) is 0 Å². The highest BCUT2D eigenvalue weighted by Gasteiger charge is 2.12. The van der Waals surface area contributed by atoms with Gasteiger partial charge in [-0.2, -0.15) is 0 Å². The molecular weight excluding hydrogens is 260 g/mol. The molecule has 0 radical (unpaired) electrons. The summed E-state index contributed by atoms with van der Waals surface area (Å²) in [5.41, 5.74) is 6.45. The Hall–Kier alpha value is -1.49. The molecule has 0 spiro atoms. The van der Waals surface area contributed by atoms with Crippen molar-refractivity contribution in [2.24, 2.45) is 0 Å². The van der Waals surface area contributed by atoms with Gasteiger partial charge in [-0.3, -0.25) is 0 Å². The third-order valence-electron chi connectivity index (χ3n) is 2.01. The van der Waals surface area contributed by atoms with Crippen molar-refractivity contribution in [1.82, 2.24) is 5.16 Å². The summed E-state index contributed by atoms with van der Waals surface area (Å²) >= 11 is 3.31. The molecule has 4 nitrogen and oxygen atoms in total. The van der Waals surface area contributed by atoms with Gasteiger partial charge in [-0.05, 0) is 40.2 Å². The first-order chi connectivity index (χ1) is 7.22. The molecule has 0 saturated carbocycles. The van der Waals surface area contributed by atoms with E-state index in [1.54, 1.807) is 7.11 Å². The minimum Gasteiger partial charge on any atom is -0.497 e. The predicted octanol–water partition coefficient (Wildman–Crippen LogP) is 2.69. The molecule has 2 N–H and O–H groups in total. The Bertz CT molecular complexity index is 465. The van der Waals surface area contributed by atoms with E-state index in [9.17, 15) is 0 Å². The van der Waals surface area contributed by atoms with Crippen molar-refractivity contribution >= 4 is 21.7 Å². The van der Waals surface area contributed by atoms with Crippen LogP contribution < -0.4 is 10.5 Å². The summed E-state index contributed by atoms with van der Waals surface area (Å²) in [7, 11) is 1.62. The van der Waals surface area contributed by atoms with Gasteiger partial charge in [0.15, 0.2) is 11.6 Å². The third kappa shape index (κ3) is 1.83. The summed E-state index contributed by atoms with van der Waals surface area (Å²) < 4.78 is 10.8. The molecule has 1 aromatic carbocycles. The first-order valence-electron chi connectivity index (χ1n) is 4.27. The molecule has 0 aliphatic carbocycles. The molecule has 1 heterocycles. The Morgan fingerprint density at radius 3 is 2.47 bits per heavy atom. The lowest BCUT2D eigenvalue weighted by Gasteiger charge is -2.00. The number of halogens is 1. The number of anilines is 1. The third-order valence-corrected chi connectivity index (χ3v) is 2.78. The van der Waals surface area contributed by atoms with Crippen LogP contribution >= 0.6 is 15.9 Å². The topological polar surface area (TPSA) is 61.3 Å². The van der Waals surface area contributed by atoms with Gasteiger partial charge in [-0.1, -0.05) is 5.16 Å². The van der Waals surface area contributed by atoms with Crippen LogP contribution in [0.25, 0.3) is 11.3 Å². The fourth-order valence-corrected chi connectivity index (χ4v) is 1.59. The van der Waals surface area contributed by atoms with Gasteiger partial charge in [-0.15, -0.1) is 0 Å². The number of rotatable bonds is 2. The molecule has 15 heavy (non-hydrogen) atoms. The summed E-state index contributed by atoms with van der Waals surface area (Å²) in [6.45, 7) is 0. The summed E-state index contributed by atoms with van der Waals surface area (Å²) in [6.07, 6.45) is 0. The van der Waals surface area contributed by atoms with Crippen molar-refractivity contribution < 1.29 is 9.26 Å². The SMILES string of the molecule is COc1ccc(-c2onc(N)c2Br)cc1. The molecule has 0 bridgehead atoms. The van der Waals surface area contributed by atoms with Crippen molar-refractivity contribution in [3.05, 3.63) is 28.7 Å². The zero-order chi connectivity index (χ0) is 10.8. The molecule has 78 valence electrons. The standard InChI is InChI=1S/C10H9BrN2O2/c1-14-7-4-2-6(3-5-7)9-8(11)10(12)13-15-9/h2-5H,1H3,(H2,12,13). The van der Waals surface area contributed by atoms with E-state index in [4.69, 9.17) is 15.0 Å². The smallest absolute Gasteiger partial charge is 0.183 e. The Morgan fingerprint density at radius 1 is 1.33 bits per heavy atom. The molecule has 2 rings (SSSR count). The molecule has 0 amide bonds. The fraction of sp³-hybridized carbons (Fsp3) is 0.100. The van der Waals surface area contributed by atoms with E-state index in [0.717, 1.165) is 11.3 Å². The molecule has 0 unspecified atom stereocenters. The number of nitrogens with two attached hydrogens (primary N) is 1. The second-order valence-electron chi connectivity index (χ2n) is 2.94. The number of nitrogens with zero attached hydrogens (tertiary/aromatic N) is 1. The summed E-state index contributed by atoms with van der Waals surface area (Å²) in [5.74, 6) is 1.76. The molecule has 0 aliphatic rings. The lowest BCUT2D eigenvalue weighted by molar-refractivity contribution is 0.414. The van der Waals surface area contributed by atoms with E-state index in [0.29, 0.717) is 16.1 Å². The number of methoxy groups -OCH3 is 1. The lowest BCUT2D eigenvalue weighted by Crippen LogP contribution is -1.84. The number of hydrogen-bond acceptors (Lipinski definition) is 4. The van der Waals surface area contributed by atoms with E-state index in [-0.39, 0.29) is 0 Å². The van der Waals surface area contributed by atoms with Crippen LogP contribution in [-0.2, 0) is 0 Å². The van der Waals surface area contributed by atoms with Gasteiger partial charge in [0.1, 0.15) is 10.2 Å². The minimum absolute atomic E-state index is 0.348. The number of ether oxygens (including phenoxy) is 1. The lowest BCUT2D eigenvalue weighted by atomic mass is 10.2.